The lowest BCUT2D eigenvalue weighted by molar-refractivity contribution is 0.134. The lowest BCUT2D eigenvalue weighted by atomic mass is 10.2. The summed E-state index contributed by atoms with van der Waals surface area (Å²) in [5.74, 6) is 0.544. The third-order valence-corrected chi connectivity index (χ3v) is 3.24. The van der Waals surface area contributed by atoms with Gasteiger partial charge in [0.15, 0.2) is 0 Å². The highest BCUT2D eigenvalue weighted by atomic mass is 19.1. The van der Waals surface area contributed by atoms with Crippen molar-refractivity contribution in [1.82, 2.24) is 5.32 Å². The van der Waals surface area contributed by atoms with Crippen molar-refractivity contribution < 1.29 is 13.9 Å². The van der Waals surface area contributed by atoms with Gasteiger partial charge in [0.1, 0.15) is 11.6 Å². The lowest BCUT2D eigenvalue weighted by Crippen LogP contribution is -2.19. The third-order valence-electron chi connectivity index (χ3n) is 3.24. The Hall–Kier alpha value is -1.13. The molecule has 0 aromatic heterocycles. The van der Waals surface area contributed by atoms with Crippen LogP contribution in [0.25, 0.3) is 0 Å². The van der Waals surface area contributed by atoms with Crippen molar-refractivity contribution in [2.24, 2.45) is 0 Å². The molecule has 0 heterocycles. The lowest BCUT2D eigenvalue weighted by Gasteiger charge is -2.17. The molecule has 3 nitrogen and oxygen atoms in total. The fourth-order valence-corrected chi connectivity index (χ4v) is 1.90. The van der Waals surface area contributed by atoms with Gasteiger partial charge in [-0.05, 0) is 38.0 Å². The molecule has 1 unspecified atom stereocenters. The Balaban J connectivity index is 1.96. The highest BCUT2D eigenvalue weighted by molar-refractivity contribution is 5.34. The first-order valence-electron chi connectivity index (χ1n) is 6.86. The summed E-state index contributed by atoms with van der Waals surface area (Å²) in [4.78, 5) is 0. The van der Waals surface area contributed by atoms with Crippen LogP contribution in [0.2, 0.25) is 0 Å². The molecule has 0 radical (unpaired) electrons. The van der Waals surface area contributed by atoms with Gasteiger partial charge < -0.3 is 14.8 Å². The highest BCUT2D eigenvalue weighted by Crippen LogP contribution is 2.24. The molecule has 106 valence electrons. The summed E-state index contributed by atoms with van der Waals surface area (Å²) in [7, 11) is 1.68. The molecule has 1 saturated carbocycles. The zero-order valence-electron chi connectivity index (χ0n) is 11.6. The summed E-state index contributed by atoms with van der Waals surface area (Å²) in [6, 6.07) is 5.30. The van der Waals surface area contributed by atoms with Gasteiger partial charge in [-0.25, -0.2) is 4.39 Å². The minimum absolute atomic E-state index is 0.0603. The van der Waals surface area contributed by atoms with E-state index in [-0.39, 0.29) is 11.9 Å². The first-order valence-corrected chi connectivity index (χ1v) is 6.86. The summed E-state index contributed by atoms with van der Waals surface area (Å²) in [6.45, 7) is 3.33. The standard InChI is InChI=1S/C15H22FNO2/c1-11(7-8-18-2)19-15-6-3-13(16)9-12(15)10-17-14-4-5-14/h3,6,9,11,14,17H,4-5,7-8,10H2,1-2H3. The van der Waals surface area contributed by atoms with Crippen molar-refractivity contribution in [3.8, 4) is 5.75 Å². The van der Waals surface area contributed by atoms with Gasteiger partial charge in [0, 0.05) is 38.3 Å². The predicted molar refractivity (Wildman–Crippen MR) is 72.8 cm³/mol. The van der Waals surface area contributed by atoms with E-state index in [0.29, 0.717) is 19.2 Å². The Kier molecular flexibility index (Phi) is 5.16. The van der Waals surface area contributed by atoms with Crippen molar-refractivity contribution in [2.45, 2.75) is 44.9 Å². The first-order chi connectivity index (χ1) is 9.19. The molecule has 1 atom stereocenters. The van der Waals surface area contributed by atoms with E-state index in [1.807, 2.05) is 6.92 Å². The number of rotatable bonds is 8. The first kappa shape index (κ1) is 14.3. The van der Waals surface area contributed by atoms with Crippen LogP contribution in [0.4, 0.5) is 4.39 Å². The molecule has 19 heavy (non-hydrogen) atoms. The summed E-state index contributed by atoms with van der Waals surface area (Å²) in [6.07, 6.45) is 3.32. The molecule has 0 aliphatic heterocycles. The number of hydrogen-bond donors (Lipinski definition) is 1. The fraction of sp³-hybridized carbons (Fsp3) is 0.600. The Morgan fingerprint density at radius 3 is 2.89 bits per heavy atom. The summed E-state index contributed by atoms with van der Waals surface area (Å²) in [5, 5.41) is 3.39. The van der Waals surface area contributed by atoms with Crippen LogP contribution in [-0.4, -0.2) is 25.9 Å². The monoisotopic (exact) mass is 267 g/mol. The Labute approximate surface area is 114 Å². The highest BCUT2D eigenvalue weighted by Gasteiger charge is 2.21. The number of ether oxygens (including phenoxy) is 2. The van der Waals surface area contributed by atoms with E-state index >= 15 is 0 Å². The SMILES string of the molecule is COCCC(C)Oc1ccc(F)cc1CNC1CC1. The molecule has 0 amide bonds. The average molecular weight is 267 g/mol. The quantitative estimate of drug-likeness (QED) is 0.785. The van der Waals surface area contributed by atoms with Crippen molar-refractivity contribution in [1.29, 1.82) is 0 Å². The van der Waals surface area contributed by atoms with Crippen LogP contribution in [0, 0.1) is 5.82 Å². The summed E-state index contributed by atoms with van der Waals surface area (Å²) < 4.78 is 24.2. The van der Waals surface area contributed by atoms with E-state index in [4.69, 9.17) is 9.47 Å². The molecule has 1 fully saturated rings. The number of hydrogen-bond acceptors (Lipinski definition) is 3. The normalized spacial score (nSPS) is 16.4. The van der Waals surface area contributed by atoms with Crippen molar-refractivity contribution in [3.63, 3.8) is 0 Å². The molecule has 1 aliphatic carbocycles. The maximum atomic E-state index is 13.3. The van der Waals surface area contributed by atoms with E-state index in [0.717, 1.165) is 17.7 Å². The van der Waals surface area contributed by atoms with Crippen molar-refractivity contribution >= 4 is 0 Å². The van der Waals surface area contributed by atoms with Crippen LogP contribution in [0.5, 0.6) is 5.75 Å². The van der Waals surface area contributed by atoms with Crippen LogP contribution >= 0.6 is 0 Å². The van der Waals surface area contributed by atoms with Crippen molar-refractivity contribution in [3.05, 3.63) is 29.6 Å². The number of benzene rings is 1. The molecule has 0 saturated heterocycles. The Morgan fingerprint density at radius 2 is 2.21 bits per heavy atom. The number of halogens is 1. The van der Waals surface area contributed by atoms with Gasteiger partial charge in [-0.15, -0.1) is 0 Å². The Morgan fingerprint density at radius 1 is 1.42 bits per heavy atom. The second-order valence-electron chi connectivity index (χ2n) is 5.12. The minimum Gasteiger partial charge on any atom is -0.490 e. The molecule has 0 spiro atoms. The molecule has 1 N–H and O–H groups in total. The van der Waals surface area contributed by atoms with Crippen LogP contribution in [-0.2, 0) is 11.3 Å². The fourth-order valence-electron chi connectivity index (χ4n) is 1.90. The van der Waals surface area contributed by atoms with E-state index in [1.165, 1.54) is 18.9 Å². The summed E-state index contributed by atoms with van der Waals surface area (Å²) >= 11 is 0. The largest absolute Gasteiger partial charge is 0.490 e. The topological polar surface area (TPSA) is 30.5 Å². The molecule has 2 rings (SSSR count). The third kappa shape index (κ3) is 4.80. The second-order valence-corrected chi connectivity index (χ2v) is 5.12. The van der Waals surface area contributed by atoms with Gasteiger partial charge in [-0.2, -0.15) is 0 Å². The van der Waals surface area contributed by atoms with Crippen LogP contribution in [0.15, 0.2) is 18.2 Å². The van der Waals surface area contributed by atoms with Gasteiger partial charge in [-0.3, -0.25) is 0 Å². The van der Waals surface area contributed by atoms with E-state index in [9.17, 15) is 4.39 Å². The van der Waals surface area contributed by atoms with E-state index in [2.05, 4.69) is 5.32 Å². The van der Waals surface area contributed by atoms with Gasteiger partial charge >= 0.3 is 0 Å². The molecular formula is C15H22FNO2. The van der Waals surface area contributed by atoms with Crippen LogP contribution < -0.4 is 10.1 Å². The van der Waals surface area contributed by atoms with Crippen molar-refractivity contribution in [2.75, 3.05) is 13.7 Å². The molecule has 1 aliphatic rings. The predicted octanol–water partition coefficient (Wildman–Crippen LogP) is 2.88. The smallest absolute Gasteiger partial charge is 0.124 e. The molecule has 4 heteroatoms. The molecule has 0 bridgehead atoms. The van der Waals surface area contributed by atoms with Gasteiger partial charge in [0.25, 0.3) is 0 Å². The van der Waals surface area contributed by atoms with Gasteiger partial charge in [-0.1, -0.05) is 0 Å². The van der Waals surface area contributed by atoms with Crippen LogP contribution in [0.1, 0.15) is 31.7 Å². The van der Waals surface area contributed by atoms with Gasteiger partial charge in [0.2, 0.25) is 0 Å². The zero-order valence-corrected chi connectivity index (χ0v) is 11.6. The second kappa shape index (κ2) is 6.87. The zero-order chi connectivity index (χ0) is 13.7. The average Bonchev–Trinajstić information content (AvgIpc) is 3.20. The summed E-state index contributed by atoms with van der Waals surface area (Å²) in [5.41, 5.74) is 0.885. The molecule has 1 aromatic carbocycles. The molecule has 1 aromatic rings. The van der Waals surface area contributed by atoms with E-state index in [1.54, 1.807) is 19.2 Å². The molecular weight excluding hydrogens is 245 g/mol. The maximum absolute atomic E-state index is 13.3. The number of methoxy groups -OCH3 is 1. The minimum atomic E-state index is -0.218. The van der Waals surface area contributed by atoms with Gasteiger partial charge in [0.05, 0.1) is 6.10 Å². The maximum Gasteiger partial charge on any atom is 0.124 e. The number of nitrogens with one attached hydrogen (secondary N) is 1. The Bertz CT molecular complexity index is 407. The van der Waals surface area contributed by atoms with Crippen LogP contribution in [0.3, 0.4) is 0 Å². The van der Waals surface area contributed by atoms with E-state index < -0.39 is 0 Å².